The second kappa shape index (κ2) is 8.05. The van der Waals surface area contributed by atoms with Crippen LogP contribution in [0.1, 0.15) is 23.3 Å². The first-order valence-corrected chi connectivity index (χ1v) is 11.1. The van der Waals surface area contributed by atoms with E-state index in [1.807, 2.05) is 36.4 Å². The maximum atomic E-state index is 13.0. The van der Waals surface area contributed by atoms with Gasteiger partial charge in [-0.2, -0.15) is 0 Å². The maximum absolute atomic E-state index is 13.0. The summed E-state index contributed by atoms with van der Waals surface area (Å²) in [5.41, 5.74) is 16.4. The molecule has 8 heteroatoms. The molecular formula is C23H23N5O2S. The van der Waals surface area contributed by atoms with Gasteiger partial charge in [-0.05, 0) is 37.1 Å². The Kier molecular flexibility index (Phi) is 5.09. The number of carbonyl (C=O) groups excluding carboxylic acids is 1. The number of hydrogen-bond acceptors (Lipinski definition) is 7. The van der Waals surface area contributed by atoms with Crippen molar-refractivity contribution in [3.05, 3.63) is 59.8 Å². The van der Waals surface area contributed by atoms with Gasteiger partial charge in [-0.15, -0.1) is 11.3 Å². The van der Waals surface area contributed by atoms with E-state index in [0.29, 0.717) is 17.1 Å². The Labute approximate surface area is 183 Å². The number of anilines is 3. The lowest BCUT2D eigenvalue weighted by Gasteiger charge is -2.34. The Morgan fingerprint density at radius 1 is 1.26 bits per heavy atom. The highest BCUT2D eigenvalue weighted by Crippen LogP contribution is 2.34. The average molecular weight is 434 g/mol. The molecule has 4 aromatic rings. The Morgan fingerprint density at radius 3 is 3.00 bits per heavy atom. The summed E-state index contributed by atoms with van der Waals surface area (Å²) in [6, 6.07) is 13.5. The van der Waals surface area contributed by atoms with E-state index in [1.165, 1.54) is 11.3 Å². The summed E-state index contributed by atoms with van der Waals surface area (Å²) in [6.45, 7) is 1.65. The first kappa shape index (κ1) is 19.6. The van der Waals surface area contributed by atoms with Crippen molar-refractivity contribution in [1.82, 2.24) is 4.98 Å². The molecule has 5 N–H and O–H groups in total. The van der Waals surface area contributed by atoms with Crippen LogP contribution in [-0.4, -0.2) is 30.0 Å². The number of para-hydroxylation sites is 1. The van der Waals surface area contributed by atoms with Crippen molar-refractivity contribution in [1.29, 1.82) is 0 Å². The summed E-state index contributed by atoms with van der Waals surface area (Å²) in [7, 11) is 0. The van der Waals surface area contributed by atoms with Crippen LogP contribution in [0, 0.1) is 0 Å². The molecule has 158 valence electrons. The number of nitrogen functional groups attached to an aromatic ring is 1. The number of nitrogens with zero attached hydrogens (tertiary/aromatic N) is 2. The molecule has 31 heavy (non-hydrogen) atoms. The zero-order chi connectivity index (χ0) is 21.4. The molecule has 1 aliphatic heterocycles. The second-order valence-corrected chi connectivity index (χ2v) is 8.62. The second-order valence-electron chi connectivity index (χ2n) is 7.76. The van der Waals surface area contributed by atoms with E-state index in [-0.39, 0.29) is 11.9 Å². The normalized spacial score (nSPS) is 16.5. The van der Waals surface area contributed by atoms with Gasteiger partial charge in [0.15, 0.2) is 0 Å². The standard InChI is InChI=1S/C23H23N5O2S/c24-14-7-8-20(28-9-3-4-15(25)11-28)18(10-14)26-22(29)19-13-31-23(27-19)17-12-30-21-6-2-1-5-16(17)21/h1-2,5-8,10,12-13,15H,3-4,9,11,24-25H2,(H,26,29). The minimum Gasteiger partial charge on any atom is -0.464 e. The van der Waals surface area contributed by atoms with Crippen LogP contribution in [0.25, 0.3) is 21.5 Å². The first-order valence-electron chi connectivity index (χ1n) is 10.2. The fourth-order valence-corrected chi connectivity index (χ4v) is 4.81. The van der Waals surface area contributed by atoms with Crippen LogP contribution in [0.4, 0.5) is 17.1 Å². The number of benzene rings is 2. The van der Waals surface area contributed by atoms with Gasteiger partial charge in [0, 0.05) is 35.6 Å². The molecule has 2 aromatic heterocycles. The number of hydrogen-bond donors (Lipinski definition) is 3. The van der Waals surface area contributed by atoms with E-state index in [2.05, 4.69) is 15.2 Å². The lowest BCUT2D eigenvalue weighted by atomic mass is 10.1. The van der Waals surface area contributed by atoms with Crippen molar-refractivity contribution in [3.63, 3.8) is 0 Å². The van der Waals surface area contributed by atoms with E-state index in [9.17, 15) is 4.79 Å². The third-order valence-corrected chi connectivity index (χ3v) is 6.39. The number of nitrogens with one attached hydrogen (secondary N) is 1. The largest absolute Gasteiger partial charge is 0.464 e. The van der Waals surface area contributed by atoms with Crippen LogP contribution in [0.5, 0.6) is 0 Å². The van der Waals surface area contributed by atoms with Crippen LogP contribution in [-0.2, 0) is 0 Å². The highest BCUT2D eigenvalue weighted by Gasteiger charge is 2.21. The fourth-order valence-electron chi connectivity index (χ4n) is 3.99. The van der Waals surface area contributed by atoms with Gasteiger partial charge in [0.05, 0.1) is 16.9 Å². The number of furan rings is 1. The summed E-state index contributed by atoms with van der Waals surface area (Å²) in [4.78, 5) is 19.8. The van der Waals surface area contributed by atoms with Gasteiger partial charge < -0.3 is 26.1 Å². The summed E-state index contributed by atoms with van der Waals surface area (Å²) >= 11 is 1.41. The molecule has 3 heterocycles. The molecule has 0 radical (unpaired) electrons. The molecule has 0 saturated carbocycles. The quantitative estimate of drug-likeness (QED) is 0.414. The predicted molar refractivity (Wildman–Crippen MR) is 126 cm³/mol. The monoisotopic (exact) mass is 433 g/mol. The van der Waals surface area contributed by atoms with Gasteiger partial charge in [-0.25, -0.2) is 4.98 Å². The Balaban J connectivity index is 1.40. The average Bonchev–Trinajstić information content (AvgIpc) is 3.41. The Bertz CT molecular complexity index is 1250. The molecule has 0 bridgehead atoms. The topological polar surface area (TPSA) is 110 Å². The van der Waals surface area contributed by atoms with Crippen LogP contribution < -0.4 is 21.7 Å². The molecule has 1 amide bonds. The Hall–Kier alpha value is -3.36. The zero-order valence-electron chi connectivity index (χ0n) is 16.9. The molecule has 5 rings (SSSR count). The molecule has 0 spiro atoms. The summed E-state index contributed by atoms with van der Waals surface area (Å²) < 4.78 is 5.61. The lowest BCUT2D eigenvalue weighted by Crippen LogP contribution is -2.43. The number of nitrogens with two attached hydrogens (primary N) is 2. The minimum atomic E-state index is -0.275. The number of rotatable bonds is 4. The molecular weight excluding hydrogens is 410 g/mol. The number of thiazole rings is 1. The van der Waals surface area contributed by atoms with Gasteiger partial charge in [0.2, 0.25) is 0 Å². The summed E-state index contributed by atoms with van der Waals surface area (Å²) in [5.74, 6) is -0.275. The molecule has 1 aliphatic rings. The molecule has 7 nitrogen and oxygen atoms in total. The third kappa shape index (κ3) is 3.87. The van der Waals surface area contributed by atoms with Crippen LogP contribution in [0.3, 0.4) is 0 Å². The van der Waals surface area contributed by atoms with Crippen molar-refractivity contribution >= 4 is 45.3 Å². The van der Waals surface area contributed by atoms with E-state index < -0.39 is 0 Å². The maximum Gasteiger partial charge on any atom is 0.275 e. The van der Waals surface area contributed by atoms with E-state index >= 15 is 0 Å². The van der Waals surface area contributed by atoms with E-state index in [0.717, 1.165) is 53.2 Å². The van der Waals surface area contributed by atoms with Crippen molar-refractivity contribution in [3.8, 4) is 10.6 Å². The molecule has 1 unspecified atom stereocenters. The van der Waals surface area contributed by atoms with Gasteiger partial charge in [-0.3, -0.25) is 4.79 Å². The van der Waals surface area contributed by atoms with E-state index in [4.69, 9.17) is 15.9 Å². The molecule has 1 atom stereocenters. The number of fused-ring (bicyclic) bond motifs is 1. The van der Waals surface area contributed by atoms with Crippen molar-refractivity contribution in [2.24, 2.45) is 5.73 Å². The van der Waals surface area contributed by atoms with Crippen LogP contribution >= 0.6 is 11.3 Å². The molecule has 1 fully saturated rings. The number of carbonyl (C=O) groups is 1. The summed E-state index contributed by atoms with van der Waals surface area (Å²) in [6.07, 6.45) is 3.71. The zero-order valence-corrected chi connectivity index (χ0v) is 17.7. The highest BCUT2D eigenvalue weighted by atomic mass is 32.1. The number of amides is 1. The third-order valence-electron chi connectivity index (χ3n) is 5.52. The van der Waals surface area contributed by atoms with E-state index in [1.54, 1.807) is 17.7 Å². The lowest BCUT2D eigenvalue weighted by molar-refractivity contribution is 0.102. The van der Waals surface area contributed by atoms with Crippen LogP contribution in [0.2, 0.25) is 0 Å². The first-order chi connectivity index (χ1) is 15.1. The van der Waals surface area contributed by atoms with Gasteiger partial charge in [0.1, 0.15) is 22.5 Å². The predicted octanol–water partition coefficient (Wildman–Crippen LogP) is 4.32. The summed E-state index contributed by atoms with van der Waals surface area (Å²) in [5, 5.41) is 6.47. The molecule has 2 aromatic carbocycles. The molecule has 0 aliphatic carbocycles. The van der Waals surface area contributed by atoms with Crippen molar-refractivity contribution in [2.75, 3.05) is 29.0 Å². The van der Waals surface area contributed by atoms with Crippen LogP contribution in [0.15, 0.2) is 58.5 Å². The SMILES string of the molecule is Nc1ccc(N2CCCC(N)C2)c(NC(=O)c2csc(-c3coc4ccccc34)n2)c1. The Morgan fingerprint density at radius 2 is 2.13 bits per heavy atom. The van der Waals surface area contributed by atoms with Gasteiger partial charge >= 0.3 is 0 Å². The van der Waals surface area contributed by atoms with Crippen molar-refractivity contribution < 1.29 is 9.21 Å². The smallest absolute Gasteiger partial charge is 0.275 e. The number of piperidine rings is 1. The van der Waals surface area contributed by atoms with Gasteiger partial charge in [0.25, 0.3) is 5.91 Å². The van der Waals surface area contributed by atoms with Gasteiger partial charge in [-0.1, -0.05) is 18.2 Å². The fraction of sp³-hybridized carbons (Fsp3) is 0.217. The number of aromatic nitrogens is 1. The minimum absolute atomic E-state index is 0.126. The highest BCUT2D eigenvalue weighted by molar-refractivity contribution is 7.13. The molecule has 1 saturated heterocycles. The van der Waals surface area contributed by atoms with Crippen molar-refractivity contribution in [2.45, 2.75) is 18.9 Å².